The molecular formula is C14H19NO4S2. The third-order valence-electron chi connectivity index (χ3n) is 3.63. The van der Waals surface area contributed by atoms with Crippen LogP contribution >= 0.6 is 11.8 Å². The quantitative estimate of drug-likeness (QED) is 0.863. The van der Waals surface area contributed by atoms with E-state index in [-0.39, 0.29) is 10.5 Å². The smallest absolute Gasteiger partial charge is 0.335 e. The van der Waals surface area contributed by atoms with E-state index >= 15 is 0 Å². The number of aromatic carboxylic acids is 1. The Labute approximate surface area is 129 Å². The van der Waals surface area contributed by atoms with Gasteiger partial charge in [-0.25, -0.2) is 17.9 Å². The molecule has 1 heterocycles. The minimum atomic E-state index is -3.67. The highest BCUT2D eigenvalue weighted by Gasteiger charge is 2.23. The summed E-state index contributed by atoms with van der Waals surface area (Å²) >= 11 is 1.83. The predicted octanol–water partition coefficient (Wildman–Crippen LogP) is 2.03. The molecular weight excluding hydrogens is 310 g/mol. The number of carbonyl (C=O) groups is 1. The van der Waals surface area contributed by atoms with Crippen LogP contribution in [0.2, 0.25) is 0 Å². The molecule has 1 aliphatic rings. The zero-order valence-corrected chi connectivity index (χ0v) is 13.7. The molecule has 7 heteroatoms. The highest BCUT2D eigenvalue weighted by Crippen LogP contribution is 2.24. The maximum absolute atomic E-state index is 12.4. The molecule has 0 aromatic heterocycles. The molecule has 1 fully saturated rings. The lowest BCUT2D eigenvalue weighted by Gasteiger charge is -2.14. The van der Waals surface area contributed by atoms with Crippen molar-refractivity contribution in [1.82, 2.24) is 4.72 Å². The van der Waals surface area contributed by atoms with E-state index in [1.807, 2.05) is 11.8 Å². The molecule has 1 aromatic rings. The van der Waals surface area contributed by atoms with Crippen LogP contribution in [-0.2, 0) is 10.0 Å². The van der Waals surface area contributed by atoms with E-state index in [0.29, 0.717) is 23.6 Å². The first-order valence-corrected chi connectivity index (χ1v) is 9.37. The molecule has 1 aromatic carbocycles. The summed E-state index contributed by atoms with van der Waals surface area (Å²) in [4.78, 5) is 11.2. The van der Waals surface area contributed by atoms with Gasteiger partial charge in [-0.2, -0.15) is 11.8 Å². The number of sulfonamides is 1. The van der Waals surface area contributed by atoms with Crippen molar-refractivity contribution >= 4 is 27.8 Å². The number of rotatable bonds is 5. The van der Waals surface area contributed by atoms with Crippen molar-refractivity contribution in [2.45, 2.75) is 25.2 Å². The first kappa shape index (κ1) is 16.3. The largest absolute Gasteiger partial charge is 0.478 e. The zero-order chi connectivity index (χ0) is 15.6. The summed E-state index contributed by atoms with van der Waals surface area (Å²) in [7, 11) is -3.67. The van der Waals surface area contributed by atoms with Gasteiger partial charge in [0.1, 0.15) is 0 Å². The number of benzene rings is 1. The maximum Gasteiger partial charge on any atom is 0.335 e. The summed E-state index contributed by atoms with van der Waals surface area (Å²) in [6, 6.07) is 2.85. The van der Waals surface area contributed by atoms with Crippen LogP contribution in [0.4, 0.5) is 0 Å². The normalized spacial score (nSPS) is 18.9. The maximum atomic E-state index is 12.4. The van der Waals surface area contributed by atoms with Crippen LogP contribution in [-0.4, -0.2) is 37.5 Å². The fourth-order valence-electron chi connectivity index (χ4n) is 2.40. The number of carboxylic acids is 1. The van der Waals surface area contributed by atoms with E-state index in [1.165, 1.54) is 6.07 Å². The van der Waals surface area contributed by atoms with Crippen molar-refractivity contribution in [3.05, 3.63) is 28.8 Å². The van der Waals surface area contributed by atoms with Crippen molar-refractivity contribution in [3.8, 4) is 0 Å². The average molecular weight is 329 g/mol. The Morgan fingerprint density at radius 2 is 2.10 bits per heavy atom. The van der Waals surface area contributed by atoms with Crippen molar-refractivity contribution in [2.75, 3.05) is 18.1 Å². The first-order valence-electron chi connectivity index (χ1n) is 6.73. The second-order valence-electron chi connectivity index (χ2n) is 5.32. The number of hydrogen-bond acceptors (Lipinski definition) is 4. The van der Waals surface area contributed by atoms with E-state index in [9.17, 15) is 13.2 Å². The second-order valence-corrected chi connectivity index (χ2v) is 8.20. The molecule has 21 heavy (non-hydrogen) atoms. The Balaban J connectivity index is 2.26. The Bertz CT molecular complexity index is 649. The molecule has 1 atom stereocenters. The van der Waals surface area contributed by atoms with Crippen LogP contribution in [0.25, 0.3) is 0 Å². The van der Waals surface area contributed by atoms with Crippen molar-refractivity contribution < 1.29 is 18.3 Å². The Morgan fingerprint density at radius 3 is 2.67 bits per heavy atom. The standard InChI is InChI=1S/C14H19NO4S2/c1-9-5-10(2)13(6-12(9)14(16)17)21(18,19)15-7-11-3-4-20-8-11/h5-6,11,15H,3-4,7-8H2,1-2H3,(H,16,17). The Morgan fingerprint density at radius 1 is 1.38 bits per heavy atom. The van der Waals surface area contributed by atoms with Crippen molar-refractivity contribution in [1.29, 1.82) is 0 Å². The molecule has 116 valence electrons. The summed E-state index contributed by atoms with van der Waals surface area (Å²) in [6.45, 7) is 3.75. The molecule has 1 saturated heterocycles. The number of hydrogen-bond donors (Lipinski definition) is 2. The molecule has 0 bridgehead atoms. The fourth-order valence-corrected chi connectivity index (χ4v) is 5.05. The van der Waals surface area contributed by atoms with E-state index in [4.69, 9.17) is 5.11 Å². The lowest BCUT2D eigenvalue weighted by molar-refractivity contribution is 0.0696. The fraction of sp³-hybridized carbons (Fsp3) is 0.500. The van der Waals surface area contributed by atoms with Crippen LogP contribution in [0.5, 0.6) is 0 Å². The highest BCUT2D eigenvalue weighted by atomic mass is 32.2. The molecule has 1 unspecified atom stereocenters. The molecule has 0 amide bonds. The Hall–Kier alpha value is -1.05. The first-order chi connectivity index (χ1) is 9.81. The summed E-state index contributed by atoms with van der Waals surface area (Å²) < 4.78 is 27.4. The number of thioether (sulfide) groups is 1. The molecule has 0 spiro atoms. The number of nitrogens with one attached hydrogen (secondary N) is 1. The number of carboxylic acid groups (broad SMARTS) is 1. The predicted molar refractivity (Wildman–Crippen MR) is 83.5 cm³/mol. The van der Waals surface area contributed by atoms with Crippen molar-refractivity contribution in [3.63, 3.8) is 0 Å². The van der Waals surface area contributed by atoms with Gasteiger partial charge in [0.25, 0.3) is 0 Å². The molecule has 1 aliphatic heterocycles. The summed E-state index contributed by atoms with van der Waals surface area (Å²) in [5.41, 5.74) is 1.15. The van der Waals surface area contributed by atoms with Gasteiger partial charge in [-0.05, 0) is 54.9 Å². The van der Waals surface area contributed by atoms with Crippen LogP contribution < -0.4 is 4.72 Å². The minimum absolute atomic E-state index is 0.0254. The molecule has 5 nitrogen and oxygen atoms in total. The summed E-state index contributed by atoms with van der Waals surface area (Å²) in [5.74, 6) is 1.28. The van der Waals surface area contributed by atoms with Crippen LogP contribution in [0, 0.1) is 19.8 Å². The zero-order valence-electron chi connectivity index (χ0n) is 12.0. The third-order valence-corrected chi connectivity index (χ3v) is 6.42. The van der Waals surface area contributed by atoms with E-state index in [2.05, 4.69) is 4.72 Å². The molecule has 0 saturated carbocycles. The second kappa shape index (κ2) is 6.37. The molecule has 0 radical (unpaired) electrons. The SMILES string of the molecule is Cc1cc(C)c(S(=O)(=O)NCC2CCSC2)cc1C(=O)O. The van der Waals surface area contributed by atoms with Gasteiger partial charge in [0.05, 0.1) is 10.5 Å². The van der Waals surface area contributed by atoms with E-state index in [0.717, 1.165) is 17.9 Å². The molecule has 2 N–H and O–H groups in total. The van der Waals surface area contributed by atoms with E-state index < -0.39 is 16.0 Å². The van der Waals surface area contributed by atoms with Crippen LogP contribution in [0.15, 0.2) is 17.0 Å². The van der Waals surface area contributed by atoms with E-state index in [1.54, 1.807) is 19.9 Å². The van der Waals surface area contributed by atoms with Gasteiger partial charge in [-0.15, -0.1) is 0 Å². The van der Waals surface area contributed by atoms with Gasteiger partial charge in [-0.3, -0.25) is 0 Å². The summed E-state index contributed by atoms with van der Waals surface area (Å²) in [6.07, 6.45) is 1.01. The van der Waals surface area contributed by atoms with Crippen LogP contribution in [0.1, 0.15) is 27.9 Å². The number of aryl methyl sites for hydroxylation is 2. The highest BCUT2D eigenvalue weighted by molar-refractivity contribution is 7.99. The van der Waals surface area contributed by atoms with Gasteiger partial charge in [-0.1, -0.05) is 6.07 Å². The lowest BCUT2D eigenvalue weighted by atomic mass is 10.1. The van der Waals surface area contributed by atoms with Gasteiger partial charge in [0, 0.05) is 6.54 Å². The van der Waals surface area contributed by atoms with Gasteiger partial charge in [0.2, 0.25) is 10.0 Å². The van der Waals surface area contributed by atoms with Gasteiger partial charge in [0.15, 0.2) is 0 Å². The summed E-state index contributed by atoms with van der Waals surface area (Å²) in [5, 5.41) is 9.13. The van der Waals surface area contributed by atoms with Gasteiger partial charge < -0.3 is 5.11 Å². The molecule has 2 rings (SSSR count). The monoisotopic (exact) mass is 329 g/mol. The average Bonchev–Trinajstić information content (AvgIpc) is 2.88. The van der Waals surface area contributed by atoms with Crippen molar-refractivity contribution in [2.24, 2.45) is 5.92 Å². The van der Waals surface area contributed by atoms with Crippen LogP contribution in [0.3, 0.4) is 0 Å². The Kier molecular flexibility index (Phi) is 4.95. The minimum Gasteiger partial charge on any atom is -0.478 e. The topological polar surface area (TPSA) is 83.5 Å². The lowest BCUT2D eigenvalue weighted by Crippen LogP contribution is -2.30. The molecule has 0 aliphatic carbocycles. The van der Waals surface area contributed by atoms with Gasteiger partial charge >= 0.3 is 5.97 Å². The third kappa shape index (κ3) is 3.78.